The third kappa shape index (κ3) is 3.52. The fourth-order valence-electron chi connectivity index (χ4n) is 6.87. The zero-order valence-electron chi connectivity index (χ0n) is 22.8. The predicted molar refractivity (Wildman–Crippen MR) is 170 cm³/mol. The molecular formula is C40H26O2. The number of ether oxygens (including phenoxy) is 2. The number of fused-ring (bicyclic) bond motifs is 8. The molecule has 2 heterocycles. The molecule has 6 aromatic rings. The molecule has 0 radical (unpaired) electrons. The quantitative estimate of drug-likeness (QED) is 0.223. The first kappa shape index (κ1) is 23.4. The van der Waals surface area contributed by atoms with Gasteiger partial charge >= 0.3 is 0 Å². The Hall–Kier alpha value is -5.34. The van der Waals surface area contributed by atoms with E-state index in [1.54, 1.807) is 0 Å². The van der Waals surface area contributed by atoms with E-state index in [-0.39, 0.29) is 12.0 Å². The molecule has 0 aromatic heterocycles. The smallest absolute Gasteiger partial charge is 0.139 e. The Morgan fingerprint density at radius 3 is 1.95 bits per heavy atom. The molecule has 6 aromatic carbocycles. The molecule has 0 saturated carbocycles. The molecule has 198 valence electrons. The Bertz CT molecular complexity index is 2080. The summed E-state index contributed by atoms with van der Waals surface area (Å²) < 4.78 is 13.6. The maximum Gasteiger partial charge on any atom is 0.139 e. The number of hydrogen-bond acceptors (Lipinski definition) is 2. The standard InChI is InChI=1S/C40H26O2/c1-3-10-25(11-4-1)28-18-20-36-32(22-28)34-24-33(31-17-9-15-27-14-7-8-16-30(27)31)39-38(40(34)41-36)35-23-29(19-21-37(35)42-39)26-12-5-2-6-13-26/h1-24,38,40H. The molecule has 0 saturated heterocycles. The molecule has 2 atom stereocenters. The molecule has 9 rings (SSSR count). The van der Waals surface area contributed by atoms with Crippen LogP contribution in [0.3, 0.4) is 0 Å². The lowest BCUT2D eigenvalue weighted by Gasteiger charge is -2.27. The van der Waals surface area contributed by atoms with Crippen LogP contribution in [-0.4, -0.2) is 6.10 Å². The van der Waals surface area contributed by atoms with Gasteiger partial charge in [-0.25, -0.2) is 0 Å². The second-order valence-electron chi connectivity index (χ2n) is 11.2. The summed E-state index contributed by atoms with van der Waals surface area (Å²) >= 11 is 0. The summed E-state index contributed by atoms with van der Waals surface area (Å²) in [6.45, 7) is 0. The topological polar surface area (TPSA) is 18.5 Å². The molecule has 2 nitrogen and oxygen atoms in total. The number of rotatable bonds is 3. The fraction of sp³-hybridized carbons (Fsp3) is 0.0500. The summed E-state index contributed by atoms with van der Waals surface area (Å²) in [7, 11) is 0. The van der Waals surface area contributed by atoms with Crippen LogP contribution in [0.1, 0.15) is 22.6 Å². The summed E-state index contributed by atoms with van der Waals surface area (Å²) in [4.78, 5) is 0. The largest absolute Gasteiger partial charge is 0.484 e. The van der Waals surface area contributed by atoms with Crippen molar-refractivity contribution >= 4 is 21.9 Å². The van der Waals surface area contributed by atoms with Gasteiger partial charge in [0.1, 0.15) is 23.4 Å². The van der Waals surface area contributed by atoms with Crippen molar-refractivity contribution in [1.29, 1.82) is 0 Å². The Labute approximate surface area is 244 Å². The van der Waals surface area contributed by atoms with Gasteiger partial charge in [-0.1, -0.05) is 115 Å². The predicted octanol–water partition coefficient (Wildman–Crippen LogP) is 9.92. The molecule has 2 heteroatoms. The van der Waals surface area contributed by atoms with E-state index in [4.69, 9.17) is 9.47 Å². The van der Waals surface area contributed by atoms with E-state index < -0.39 is 0 Å². The second kappa shape index (κ2) is 9.09. The van der Waals surface area contributed by atoms with E-state index in [0.29, 0.717) is 0 Å². The van der Waals surface area contributed by atoms with Crippen LogP contribution >= 0.6 is 0 Å². The maximum absolute atomic E-state index is 6.81. The van der Waals surface area contributed by atoms with Crippen LogP contribution in [-0.2, 0) is 0 Å². The molecule has 42 heavy (non-hydrogen) atoms. The average molecular weight is 539 g/mol. The van der Waals surface area contributed by atoms with Crippen LogP contribution in [0.15, 0.2) is 151 Å². The van der Waals surface area contributed by atoms with E-state index in [0.717, 1.165) is 28.4 Å². The Morgan fingerprint density at radius 2 is 1.17 bits per heavy atom. The van der Waals surface area contributed by atoms with E-state index in [2.05, 4.69) is 146 Å². The highest BCUT2D eigenvalue weighted by Gasteiger charge is 2.47. The first-order chi connectivity index (χ1) is 20.8. The molecule has 2 aliphatic heterocycles. The highest BCUT2D eigenvalue weighted by atomic mass is 16.5. The lowest BCUT2D eigenvalue weighted by atomic mass is 9.78. The van der Waals surface area contributed by atoms with Crippen molar-refractivity contribution in [3.63, 3.8) is 0 Å². The molecular weight excluding hydrogens is 512 g/mol. The summed E-state index contributed by atoms with van der Waals surface area (Å²) in [6, 6.07) is 49.4. The van der Waals surface area contributed by atoms with Gasteiger partial charge in [0, 0.05) is 22.3 Å². The number of benzene rings is 6. The lowest BCUT2D eigenvalue weighted by molar-refractivity contribution is 0.241. The van der Waals surface area contributed by atoms with Crippen LogP contribution in [0.25, 0.3) is 44.2 Å². The second-order valence-corrected chi connectivity index (χ2v) is 11.2. The fourth-order valence-corrected chi connectivity index (χ4v) is 6.87. The van der Waals surface area contributed by atoms with E-state index in [1.165, 1.54) is 49.7 Å². The van der Waals surface area contributed by atoms with Gasteiger partial charge in [0.2, 0.25) is 0 Å². The van der Waals surface area contributed by atoms with Crippen molar-refractivity contribution in [1.82, 2.24) is 0 Å². The normalized spacial score (nSPS) is 18.0. The lowest BCUT2D eigenvalue weighted by Crippen LogP contribution is -2.26. The average Bonchev–Trinajstić information content (AvgIpc) is 3.62. The van der Waals surface area contributed by atoms with Crippen LogP contribution < -0.4 is 9.47 Å². The Balaban J connectivity index is 1.27. The highest BCUT2D eigenvalue weighted by molar-refractivity contribution is 6.02. The maximum atomic E-state index is 6.81. The van der Waals surface area contributed by atoms with E-state index in [1.807, 2.05) is 0 Å². The summed E-state index contributed by atoms with van der Waals surface area (Å²) in [5, 5.41) is 2.44. The number of hydrogen-bond donors (Lipinski definition) is 0. The highest BCUT2D eigenvalue weighted by Crippen LogP contribution is 2.57. The first-order valence-corrected chi connectivity index (χ1v) is 14.5. The van der Waals surface area contributed by atoms with Crippen LogP contribution in [0.2, 0.25) is 0 Å². The Kier molecular flexibility index (Phi) is 5.06. The minimum atomic E-state index is -0.160. The van der Waals surface area contributed by atoms with E-state index in [9.17, 15) is 0 Å². The van der Waals surface area contributed by atoms with Crippen LogP contribution in [0, 0.1) is 0 Å². The van der Waals surface area contributed by atoms with Crippen LogP contribution in [0.5, 0.6) is 11.5 Å². The minimum absolute atomic E-state index is 0.0507. The molecule has 0 bridgehead atoms. The van der Waals surface area contributed by atoms with E-state index >= 15 is 0 Å². The zero-order chi connectivity index (χ0) is 27.6. The van der Waals surface area contributed by atoms with Gasteiger partial charge in [-0.15, -0.1) is 0 Å². The van der Waals surface area contributed by atoms with Crippen molar-refractivity contribution in [2.45, 2.75) is 12.0 Å². The first-order valence-electron chi connectivity index (χ1n) is 14.5. The van der Waals surface area contributed by atoms with Gasteiger partial charge in [0.15, 0.2) is 0 Å². The van der Waals surface area contributed by atoms with Gasteiger partial charge in [-0.05, 0) is 68.9 Å². The van der Waals surface area contributed by atoms with Crippen molar-refractivity contribution in [2.75, 3.05) is 0 Å². The van der Waals surface area contributed by atoms with Gasteiger partial charge < -0.3 is 9.47 Å². The summed E-state index contributed by atoms with van der Waals surface area (Å²) in [5.74, 6) is 2.75. The van der Waals surface area contributed by atoms with Gasteiger partial charge in [-0.3, -0.25) is 0 Å². The molecule has 0 N–H and O–H groups in total. The van der Waals surface area contributed by atoms with Gasteiger partial charge in [-0.2, -0.15) is 0 Å². The molecule has 3 aliphatic rings. The van der Waals surface area contributed by atoms with Gasteiger partial charge in [0.05, 0.1) is 5.92 Å². The number of allylic oxidation sites excluding steroid dienone is 2. The van der Waals surface area contributed by atoms with Gasteiger partial charge in [0.25, 0.3) is 0 Å². The molecule has 0 amide bonds. The third-order valence-electron chi connectivity index (χ3n) is 8.86. The molecule has 2 unspecified atom stereocenters. The molecule has 1 aliphatic carbocycles. The van der Waals surface area contributed by atoms with Crippen molar-refractivity contribution in [3.05, 3.63) is 168 Å². The SMILES string of the molecule is C1=C2c3cc(-c4ccccc4)ccc3OC2C2C(=C1c1cccc3ccccc13)Oc1ccc(-c3ccccc3)cc12. The molecule has 0 spiro atoms. The zero-order valence-corrected chi connectivity index (χ0v) is 22.8. The molecule has 0 fully saturated rings. The summed E-state index contributed by atoms with van der Waals surface area (Å²) in [6.07, 6.45) is 2.16. The monoisotopic (exact) mass is 538 g/mol. The van der Waals surface area contributed by atoms with Crippen molar-refractivity contribution in [3.8, 4) is 33.8 Å². The minimum Gasteiger partial charge on any atom is -0.484 e. The van der Waals surface area contributed by atoms with Crippen molar-refractivity contribution in [2.24, 2.45) is 0 Å². The van der Waals surface area contributed by atoms with Crippen LogP contribution in [0.4, 0.5) is 0 Å². The Morgan fingerprint density at radius 1 is 0.500 bits per heavy atom. The third-order valence-corrected chi connectivity index (χ3v) is 8.86. The summed E-state index contributed by atoms with van der Waals surface area (Å²) in [5.41, 5.74) is 10.6. The van der Waals surface area contributed by atoms with Crippen molar-refractivity contribution < 1.29 is 9.47 Å².